The molecule has 4 saturated carbocycles. The van der Waals surface area contributed by atoms with Crippen LogP contribution in [0.3, 0.4) is 0 Å². The van der Waals surface area contributed by atoms with Crippen molar-refractivity contribution >= 4 is 11.9 Å². The van der Waals surface area contributed by atoms with Gasteiger partial charge in [-0.25, -0.2) is 9.67 Å². The van der Waals surface area contributed by atoms with Crippen molar-refractivity contribution in [2.24, 2.45) is 73.7 Å². The SMILES string of the molecule is COC(=O)C1CCC(c2ncnn2[C@@H]2C[C@@]34COC[C@](C)([C@@H]3CC[C@H]3C4=CC[C@@]4(C)[C@H](C(=O)O)[C@@](C)([C@H](C)C(C)C)CC[C@]34C)[C@H]2OC[C@](C)(N)C(C)(C)C)CC1. The Hall–Kier alpha value is -2.30. The van der Waals surface area contributed by atoms with Crippen LogP contribution in [-0.2, 0) is 23.8 Å². The molecule has 1 aliphatic heterocycles. The molecule has 10 heteroatoms. The summed E-state index contributed by atoms with van der Waals surface area (Å²) in [6.07, 6.45) is 13.0. The van der Waals surface area contributed by atoms with E-state index in [9.17, 15) is 14.7 Å². The Kier molecular flexibility index (Phi) is 10.8. The van der Waals surface area contributed by atoms with E-state index in [4.69, 9.17) is 30.0 Å². The Labute approximate surface area is 343 Å². The highest BCUT2D eigenvalue weighted by atomic mass is 16.5. The molecule has 1 aromatic heterocycles. The predicted molar refractivity (Wildman–Crippen MR) is 221 cm³/mol. The van der Waals surface area contributed by atoms with Crippen LogP contribution in [0.2, 0.25) is 0 Å². The van der Waals surface area contributed by atoms with Crippen molar-refractivity contribution < 1.29 is 28.9 Å². The van der Waals surface area contributed by atoms with Gasteiger partial charge in [-0.05, 0) is 116 Å². The number of methoxy groups -OCH3 is 1. The van der Waals surface area contributed by atoms with Crippen molar-refractivity contribution in [2.75, 3.05) is 26.9 Å². The molecule has 2 bridgehead atoms. The normalized spacial score (nSPS) is 43.5. The predicted octanol–water partition coefficient (Wildman–Crippen LogP) is 9.00. The van der Waals surface area contributed by atoms with Crippen molar-refractivity contribution in [2.45, 2.75) is 164 Å². The summed E-state index contributed by atoms with van der Waals surface area (Å²) in [4.78, 5) is 31.1. The molecule has 1 saturated heterocycles. The second kappa shape index (κ2) is 14.4. The molecule has 5 aliphatic carbocycles. The van der Waals surface area contributed by atoms with Crippen molar-refractivity contribution in [1.29, 1.82) is 0 Å². The number of carbonyl (C=O) groups is 2. The van der Waals surface area contributed by atoms with Crippen LogP contribution in [0.15, 0.2) is 18.0 Å². The molecule has 0 amide bonds. The van der Waals surface area contributed by atoms with Crippen LogP contribution in [0.5, 0.6) is 0 Å². The Morgan fingerprint density at radius 1 is 1.00 bits per heavy atom. The number of aromatic nitrogens is 3. The second-order valence-corrected chi connectivity index (χ2v) is 22.7. The minimum atomic E-state index is -0.630. The Morgan fingerprint density at radius 2 is 1.68 bits per heavy atom. The smallest absolute Gasteiger partial charge is 0.308 e. The van der Waals surface area contributed by atoms with Gasteiger partial charge in [-0.3, -0.25) is 9.59 Å². The molecule has 320 valence electrons. The van der Waals surface area contributed by atoms with Crippen LogP contribution >= 0.6 is 0 Å². The third-order valence-electron chi connectivity index (χ3n) is 18.9. The highest BCUT2D eigenvalue weighted by molar-refractivity contribution is 5.73. The zero-order chi connectivity index (χ0) is 41.7. The van der Waals surface area contributed by atoms with Gasteiger partial charge in [-0.1, -0.05) is 80.9 Å². The van der Waals surface area contributed by atoms with E-state index < -0.39 is 17.4 Å². The summed E-state index contributed by atoms with van der Waals surface area (Å²) in [5.74, 6) is 1.24. The molecule has 10 nitrogen and oxygen atoms in total. The summed E-state index contributed by atoms with van der Waals surface area (Å²) in [5, 5.41) is 16.3. The maximum Gasteiger partial charge on any atom is 0.308 e. The molecule has 3 N–H and O–H groups in total. The van der Waals surface area contributed by atoms with Crippen molar-refractivity contribution in [1.82, 2.24) is 14.8 Å². The number of allylic oxidation sites excluding steroid dienone is 1. The fraction of sp³-hybridized carbons (Fsp3) is 0.872. The van der Waals surface area contributed by atoms with E-state index in [2.05, 4.69) is 86.9 Å². The lowest BCUT2D eigenvalue weighted by Gasteiger charge is -2.71. The minimum Gasteiger partial charge on any atom is -0.481 e. The fourth-order valence-electron chi connectivity index (χ4n) is 14.2. The lowest BCUT2D eigenvalue weighted by Crippen LogP contribution is -2.69. The molecule has 12 atom stereocenters. The van der Waals surface area contributed by atoms with Gasteiger partial charge in [-0.15, -0.1) is 0 Å². The van der Waals surface area contributed by atoms with Gasteiger partial charge in [0.15, 0.2) is 0 Å². The maximum atomic E-state index is 13.6. The number of ether oxygens (including phenoxy) is 3. The first-order valence-corrected chi connectivity index (χ1v) is 22.4. The summed E-state index contributed by atoms with van der Waals surface area (Å²) >= 11 is 0. The minimum absolute atomic E-state index is 0.0699. The van der Waals surface area contributed by atoms with Gasteiger partial charge in [0.05, 0.1) is 50.9 Å². The Bertz CT molecular complexity index is 1720. The zero-order valence-electron chi connectivity index (χ0n) is 37.5. The Balaban J connectivity index is 1.31. The standard InChI is InChI=1S/C47H76N4O6/c1-28(2)29(3)42(7)21-22-44(9)32-17-18-35-43(8)24-56-26-47(35,33(32)19-20-45(44,10)36(42)39(52)53)23-34(37(43)57-25-46(11,48)41(4,5)6)51-38(49-27-50-51)30-13-15-31(16-14-30)40(54)55-12/h19,27-32,34-37H,13-18,20-26,48H2,1-12H3,(H,52,53)/t29-,30?,31?,32+,34-,35+,36-,37+,42-,43-,44-,45+,46+,47+/m1/s1. The molecule has 0 radical (unpaired) electrons. The Morgan fingerprint density at radius 3 is 2.30 bits per heavy atom. The van der Waals surface area contributed by atoms with E-state index in [1.807, 2.05) is 0 Å². The monoisotopic (exact) mass is 793 g/mol. The first-order valence-electron chi connectivity index (χ1n) is 22.4. The van der Waals surface area contributed by atoms with Crippen molar-refractivity contribution in [3.8, 4) is 0 Å². The van der Waals surface area contributed by atoms with Gasteiger partial charge in [0.1, 0.15) is 12.2 Å². The fourth-order valence-corrected chi connectivity index (χ4v) is 14.2. The van der Waals surface area contributed by atoms with Gasteiger partial charge < -0.3 is 25.1 Å². The number of aliphatic carboxylic acids is 1. The zero-order valence-corrected chi connectivity index (χ0v) is 37.5. The van der Waals surface area contributed by atoms with Gasteiger partial charge >= 0.3 is 11.9 Å². The number of hydrogen-bond donors (Lipinski definition) is 2. The van der Waals surface area contributed by atoms with Crippen LogP contribution in [0.25, 0.3) is 0 Å². The topological polar surface area (TPSA) is 139 Å². The van der Waals surface area contributed by atoms with E-state index in [0.29, 0.717) is 37.6 Å². The van der Waals surface area contributed by atoms with Gasteiger partial charge in [0.2, 0.25) is 0 Å². The molecule has 57 heavy (non-hydrogen) atoms. The molecular weight excluding hydrogens is 717 g/mol. The number of carboxylic acid groups (broad SMARTS) is 1. The first kappa shape index (κ1) is 42.8. The largest absolute Gasteiger partial charge is 0.481 e. The van der Waals surface area contributed by atoms with Crippen LogP contribution in [-0.4, -0.2) is 70.4 Å². The van der Waals surface area contributed by atoms with E-state index in [-0.39, 0.29) is 68.4 Å². The van der Waals surface area contributed by atoms with Gasteiger partial charge in [-0.2, -0.15) is 5.10 Å². The number of carbonyl (C=O) groups excluding carboxylic acids is 1. The number of esters is 1. The van der Waals surface area contributed by atoms with Crippen LogP contribution in [0.4, 0.5) is 0 Å². The number of carboxylic acids is 1. The number of hydrogen-bond acceptors (Lipinski definition) is 8. The average Bonchev–Trinajstić information content (AvgIpc) is 3.63. The molecule has 1 aromatic rings. The molecule has 5 fully saturated rings. The lowest BCUT2D eigenvalue weighted by molar-refractivity contribution is -0.253. The van der Waals surface area contributed by atoms with Crippen molar-refractivity contribution in [3.63, 3.8) is 0 Å². The number of nitrogens with zero attached hydrogens (tertiary/aromatic N) is 3. The molecular formula is C47H76N4O6. The highest BCUT2D eigenvalue weighted by Gasteiger charge is 2.72. The highest BCUT2D eigenvalue weighted by Crippen LogP contribution is 2.75. The van der Waals surface area contributed by atoms with E-state index in [1.165, 1.54) is 12.7 Å². The third kappa shape index (κ3) is 6.32. The molecule has 7 rings (SSSR count). The van der Waals surface area contributed by atoms with E-state index >= 15 is 0 Å². The first-order chi connectivity index (χ1) is 26.5. The van der Waals surface area contributed by atoms with Gasteiger partial charge in [0.25, 0.3) is 0 Å². The van der Waals surface area contributed by atoms with Crippen LogP contribution in [0, 0.1) is 68.0 Å². The van der Waals surface area contributed by atoms with Crippen LogP contribution < -0.4 is 5.73 Å². The number of nitrogens with two attached hydrogens (primary N) is 1. The quantitative estimate of drug-likeness (QED) is 0.185. The van der Waals surface area contributed by atoms with Crippen LogP contribution in [0.1, 0.15) is 158 Å². The number of fused-ring (bicyclic) bond motifs is 3. The van der Waals surface area contributed by atoms with Crippen molar-refractivity contribution in [3.05, 3.63) is 23.8 Å². The maximum absolute atomic E-state index is 13.6. The summed E-state index contributed by atoms with van der Waals surface area (Å²) < 4.78 is 21.5. The summed E-state index contributed by atoms with van der Waals surface area (Å²) in [5.41, 5.74) is 6.42. The summed E-state index contributed by atoms with van der Waals surface area (Å²) in [6, 6.07) is -0.101. The molecule has 0 spiro atoms. The summed E-state index contributed by atoms with van der Waals surface area (Å²) in [6.45, 7) is 26.6. The average molecular weight is 793 g/mol. The molecule has 0 unspecified atom stereocenters. The summed E-state index contributed by atoms with van der Waals surface area (Å²) in [7, 11) is 1.48. The van der Waals surface area contributed by atoms with E-state index in [0.717, 1.165) is 70.0 Å². The van der Waals surface area contributed by atoms with E-state index in [1.54, 1.807) is 6.33 Å². The molecule has 0 aromatic carbocycles. The second-order valence-electron chi connectivity index (χ2n) is 22.7. The lowest BCUT2D eigenvalue weighted by atomic mass is 9.34. The molecule has 2 heterocycles. The molecule has 6 aliphatic rings. The number of rotatable bonds is 9. The third-order valence-corrected chi connectivity index (χ3v) is 18.9. The van der Waals surface area contributed by atoms with Gasteiger partial charge in [0, 0.05) is 22.3 Å².